The first kappa shape index (κ1) is 14.1. The van der Waals surface area contributed by atoms with Gasteiger partial charge >= 0.3 is 5.69 Å². The Hall–Kier alpha value is -1.96. The van der Waals surface area contributed by atoms with Gasteiger partial charge in [-0.25, -0.2) is 10.8 Å². The molecule has 0 saturated heterocycles. The lowest BCUT2D eigenvalue weighted by atomic mass is 10.1. The van der Waals surface area contributed by atoms with E-state index >= 15 is 0 Å². The van der Waals surface area contributed by atoms with Gasteiger partial charge in [0.25, 0.3) is 0 Å². The second-order valence-electron chi connectivity index (χ2n) is 4.41. The maximum Gasteiger partial charge on any atom is 0.332 e. The van der Waals surface area contributed by atoms with Gasteiger partial charge in [-0.1, -0.05) is 13.8 Å². The quantitative estimate of drug-likeness (QED) is 0.413. The molecule has 0 radical (unpaired) electrons. The average Bonchev–Trinajstić information content (AvgIpc) is 2.27. The van der Waals surface area contributed by atoms with Gasteiger partial charge in [0.2, 0.25) is 11.8 Å². The number of nitro groups is 1. The van der Waals surface area contributed by atoms with Crippen LogP contribution in [0.5, 0.6) is 0 Å². The van der Waals surface area contributed by atoms with Gasteiger partial charge in [-0.2, -0.15) is 4.98 Å². The van der Waals surface area contributed by atoms with Crippen LogP contribution in [0, 0.1) is 23.0 Å². The summed E-state index contributed by atoms with van der Waals surface area (Å²) in [6.45, 7) is 7.51. The summed E-state index contributed by atoms with van der Waals surface area (Å²) in [4.78, 5) is 18.4. The number of nitrogens with one attached hydrogen (secondary N) is 2. The summed E-state index contributed by atoms with van der Waals surface area (Å²) in [5.74, 6) is 5.88. The van der Waals surface area contributed by atoms with Crippen molar-refractivity contribution < 1.29 is 4.92 Å². The average molecular weight is 254 g/mol. The summed E-state index contributed by atoms with van der Waals surface area (Å²) < 4.78 is 0. The smallest absolute Gasteiger partial charge is 0.332 e. The number of aryl methyl sites for hydroxylation is 1. The van der Waals surface area contributed by atoms with E-state index in [4.69, 9.17) is 5.84 Å². The van der Waals surface area contributed by atoms with Crippen molar-refractivity contribution in [1.29, 1.82) is 0 Å². The molecule has 100 valence electrons. The third-order valence-corrected chi connectivity index (χ3v) is 2.73. The van der Waals surface area contributed by atoms with Crippen LogP contribution in [-0.2, 0) is 0 Å². The summed E-state index contributed by atoms with van der Waals surface area (Å²) in [5.41, 5.74) is 2.43. The Morgan fingerprint density at radius 1 is 1.33 bits per heavy atom. The van der Waals surface area contributed by atoms with Crippen LogP contribution < -0.4 is 16.6 Å². The molecule has 0 bridgehead atoms. The number of hydrogen-bond acceptors (Lipinski definition) is 7. The monoisotopic (exact) mass is 254 g/mol. The van der Waals surface area contributed by atoms with Crippen molar-refractivity contribution in [1.82, 2.24) is 9.97 Å². The lowest BCUT2D eigenvalue weighted by Gasteiger charge is -2.18. The summed E-state index contributed by atoms with van der Waals surface area (Å²) in [7, 11) is 0. The van der Waals surface area contributed by atoms with Crippen LogP contribution in [0.3, 0.4) is 0 Å². The zero-order chi connectivity index (χ0) is 13.9. The van der Waals surface area contributed by atoms with Crippen molar-refractivity contribution in [3.63, 3.8) is 0 Å². The Bertz CT molecular complexity index is 448. The number of anilines is 2. The van der Waals surface area contributed by atoms with Crippen molar-refractivity contribution in [2.75, 3.05) is 10.7 Å². The molecular weight excluding hydrogens is 236 g/mol. The topological polar surface area (TPSA) is 119 Å². The fourth-order valence-corrected chi connectivity index (χ4v) is 1.33. The molecule has 8 nitrogen and oxygen atoms in total. The van der Waals surface area contributed by atoms with Gasteiger partial charge in [-0.3, -0.25) is 15.5 Å². The molecule has 0 amide bonds. The number of hydrogen-bond donors (Lipinski definition) is 3. The van der Waals surface area contributed by atoms with Crippen molar-refractivity contribution in [2.24, 2.45) is 11.8 Å². The van der Waals surface area contributed by atoms with E-state index in [1.165, 1.54) is 0 Å². The summed E-state index contributed by atoms with van der Waals surface area (Å²) in [6, 6.07) is 0.0450. The molecule has 0 spiro atoms. The van der Waals surface area contributed by atoms with Crippen LogP contribution in [0.4, 0.5) is 17.5 Å². The fraction of sp³-hybridized carbons (Fsp3) is 0.600. The molecule has 18 heavy (non-hydrogen) atoms. The molecule has 8 heteroatoms. The number of nitrogen functional groups attached to an aromatic ring is 1. The molecule has 0 saturated carbocycles. The Balaban J connectivity index is 3.21. The van der Waals surface area contributed by atoms with Crippen molar-refractivity contribution in [3.05, 3.63) is 15.8 Å². The molecule has 0 aliphatic heterocycles. The Morgan fingerprint density at radius 2 is 1.94 bits per heavy atom. The second kappa shape index (κ2) is 5.58. The van der Waals surface area contributed by atoms with Gasteiger partial charge in [0, 0.05) is 6.04 Å². The number of nitrogens with zero attached hydrogens (tertiary/aromatic N) is 3. The molecule has 1 rings (SSSR count). The van der Waals surface area contributed by atoms with Crippen LogP contribution in [0.2, 0.25) is 0 Å². The standard InChI is InChI=1S/C10H18N6O2/c1-5(2)6(3)12-9-8(16(17)18)7(4)13-10(14-9)15-11/h5-6H,11H2,1-4H3,(H2,12,13,14,15). The van der Waals surface area contributed by atoms with Crippen molar-refractivity contribution in [3.8, 4) is 0 Å². The summed E-state index contributed by atoms with van der Waals surface area (Å²) in [6.07, 6.45) is 0. The van der Waals surface area contributed by atoms with E-state index in [2.05, 4.69) is 20.7 Å². The number of aromatic nitrogens is 2. The molecule has 0 aromatic carbocycles. The minimum absolute atomic E-state index is 0.0450. The number of hydrazine groups is 1. The highest BCUT2D eigenvalue weighted by atomic mass is 16.6. The zero-order valence-corrected chi connectivity index (χ0v) is 10.9. The van der Waals surface area contributed by atoms with Crippen LogP contribution in [0.25, 0.3) is 0 Å². The van der Waals surface area contributed by atoms with Crippen LogP contribution in [0.1, 0.15) is 26.5 Å². The first-order chi connectivity index (χ1) is 8.36. The normalized spacial score (nSPS) is 12.3. The van der Waals surface area contributed by atoms with Crippen LogP contribution in [-0.4, -0.2) is 20.9 Å². The van der Waals surface area contributed by atoms with E-state index in [0.717, 1.165) is 0 Å². The molecule has 0 aliphatic carbocycles. The van der Waals surface area contributed by atoms with Crippen LogP contribution >= 0.6 is 0 Å². The van der Waals surface area contributed by atoms with Gasteiger partial charge < -0.3 is 5.32 Å². The molecule has 0 aliphatic rings. The highest BCUT2D eigenvalue weighted by Crippen LogP contribution is 2.27. The van der Waals surface area contributed by atoms with E-state index < -0.39 is 4.92 Å². The fourth-order valence-electron chi connectivity index (χ4n) is 1.33. The van der Waals surface area contributed by atoms with Gasteiger partial charge in [-0.15, -0.1) is 0 Å². The SMILES string of the molecule is Cc1nc(NN)nc(NC(C)C(C)C)c1[N+](=O)[O-]. The van der Waals surface area contributed by atoms with Crippen molar-refractivity contribution in [2.45, 2.75) is 33.7 Å². The van der Waals surface area contributed by atoms with Gasteiger partial charge in [-0.05, 0) is 19.8 Å². The predicted molar refractivity (Wildman–Crippen MR) is 69.2 cm³/mol. The molecule has 1 aromatic heterocycles. The Morgan fingerprint density at radius 3 is 2.39 bits per heavy atom. The highest BCUT2D eigenvalue weighted by Gasteiger charge is 2.23. The van der Waals surface area contributed by atoms with E-state index in [-0.39, 0.29) is 29.2 Å². The third-order valence-electron chi connectivity index (χ3n) is 2.73. The molecule has 1 unspecified atom stereocenters. The number of nitrogens with two attached hydrogens (primary N) is 1. The van der Waals surface area contributed by atoms with E-state index in [0.29, 0.717) is 5.92 Å². The lowest BCUT2D eigenvalue weighted by Crippen LogP contribution is -2.24. The van der Waals surface area contributed by atoms with E-state index in [1.807, 2.05) is 20.8 Å². The van der Waals surface area contributed by atoms with E-state index in [1.54, 1.807) is 6.92 Å². The highest BCUT2D eigenvalue weighted by molar-refractivity contribution is 5.61. The molecule has 4 N–H and O–H groups in total. The Labute approximate surface area is 105 Å². The maximum absolute atomic E-state index is 11.0. The van der Waals surface area contributed by atoms with Gasteiger partial charge in [0.05, 0.1) is 4.92 Å². The van der Waals surface area contributed by atoms with Gasteiger partial charge in [0.15, 0.2) is 0 Å². The minimum Gasteiger partial charge on any atom is -0.361 e. The Kier molecular flexibility index (Phi) is 4.38. The van der Waals surface area contributed by atoms with Crippen LogP contribution in [0.15, 0.2) is 0 Å². The molecule has 0 fully saturated rings. The summed E-state index contributed by atoms with van der Waals surface area (Å²) >= 11 is 0. The predicted octanol–water partition coefficient (Wildman–Crippen LogP) is 1.44. The molecule has 1 heterocycles. The molecule has 1 atom stereocenters. The number of rotatable bonds is 5. The lowest BCUT2D eigenvalue weighted by molar-refractivity contribution is -0.385. The summed E-state index contributed by atoms with van der Waals surface area (Å²) in [5, 5.41) is 14.0. The van der Waals surface area contributed by atoms with E-state index in [9.17, 15) is 10.1 Å². The minimum atomic E-state index is -0.495. The zero-order valence-electron chi connectivity index (χ0n) is 10.9. The first-order valence-corrected chi connectivity index (χ1v) is 5.63. The largest absolute Gasteiger partial charge is 0.361 e. The first-order valence-electron chi connectivity index (χ1n) is 5.63. The van der Waals surface area contributed by atoms with Crippen molar-refractivity contribution >= 4 is 17.5 Å². The molecular formula is C10H18N6O2. The van der Waals surface area contributed by atoms with Gasteiger partial charge in [0.1, 0.15) is 5.69 Å². The molecule has 1 aromatic rings. The third kappa shape index (κ3) is 3.04. The maximum atomic E-state index is 11.0. The second-order valence-corrected chi connectivity index (χ2v) is 4.41.